The summed E-state index contributed by atoms with van der Waals surface area (Å²) in [6.07, 6.45) is 0.876. The summed E-state index contributed by atoms with van der Waals surface area (Å²) in [6.45, 7) is 5.36. The molecule has 0 aliphatic rings. The molecule has 0 saturated carbocycles. The number of hydrogen-bond acceptors (Lipinski definition) is 2. The lowest BCUT2D eigenvalue weighted by atomic mass is 9.89. The Kier molecular flexibility index (Phi) is 4.08. The second-order valence-corrected chi connectivity index (χ2v) is 4.42. The van der Waals surface area contributed by atoms with Crippen molar-refractivity contribution < 1.29 is 10.2 Å². The second kappa shape index (κ2) is 4.92. The van der Waals surface area contributed by atoms with E-state index in [9.17, 15) is 10.2 Å². The fraction of sp³-hybridized carbons (Fsp3) is 0.333. The maximum absolute atomic E-state index is 10.0. The Hall–Kier alpha value is -0.640. The average Bonchev–Trinajstić information content (AvgIpc) is 2.28. The summed E-state index contributed by atoms with van der Waals surface area (Å²) in [5.74, 6) is 0. The average molecular weight is 271 g/mol. The Morgan fingerprint density at radius 3 is 2.40 bits per heavy atom. The molecule has 0 aliphatic heterocycles. The molecule has 0 aliphatic carbocycles. The topological polar surface area (TPSA) is 40.5 Å². The van der Waals surface area contributed by atoms with Gasteiger partial charge >= 0.3 is 0 Å². The van der Waals surface area contributed by atoms with Gasteiger partial charge in [-0.15, -0.1) is 6.58 Å². The molecule has 2 atom stereocenters. The molecular weight excluding hydrogens is 256 g/mol. The molecule has 1 rings (SSSR count). The van der Waals surface area contributed by atoms with Gasteiger partial charge in [0.1, 0.15) is 11.7 Å². The van der Waals surface area contributed by atoms with E-state index in [1.54, 1.807) is 12.1 Å². The highest BCUT2D eigenvalue weighted by atomic mass is 79.9. The van der Waals surface area contributed by atoms with E-state index < -0.39 is 11.7 Å². The van der Waals surface area contributed by atoms with Gasteiger partial charge in [-0.1, -0.05) is 41.1 Å². The van der Waals surface area contributed by atoms with E-state index in [0.29, 0.717) is 12.0 Å². The smallest absolute Gasteiger partial charge is 0.112 e. The van der Waals surface area contributed by atoms with Crippen LogP contribution < -0.4 is 0 Å². The molecule has 0 fully saturated rings. The zero-order valence-electron chi connectivity index (χ0n) is 8.65. The number of aliphatic hydroxyl groups is 2. The van der Waals surface area contributed by atoms with Gasteiger partial charge in [0.15, 0.2) is 0 Å². The largest absolute Gasteiger partial charge is 0.385 e. The third-order valence-corrected chi connectivity index (χ3v) is 3.11. The minimum absolute atomic E-state index is 0.424. The van der Waals surface area contributed by atoms with E-state index in [4.69, 9.17) is 0 Å². The minimum Gasteiger partial charge on any atom is -0.385 e. The molecule has 2 N–H and O–H groups in total. The first-order valence-electron chi connectivity index (χ1n) is 4.83. The number of aliphatic hydroxyl groups excluding tert-OH is 1. The maximum atomic E-state index is 10.0. The molecule has 0 saturated heterocycles. The van der Waals surface area contributed by atoms with Crippen LogP contribution in [0.4, 0.5) is 0 Å². The molecule has 0 radical (unpaired) electrons. The van der Waals surface area contributed by atoms with Crippen molar-refractivity contribution in [3.8, 4) is 0 Å². The van der Waals surface area contributed by atoms with Gasteiger partial charge in [-0.3, -0.25) is 0 Å². The Balaban J connectivity index is 2.97. The van der Waals surface area contributed by atoms with E-state index in [-0.39, 0.29) is 0 Å². The molecule has 0 spiro atoms. The van der Waals surface area contributed by atoms with Gasteiger partial charge < -0.3 is 10.2 Å². The van der Waals surface area contributed by atoms with Crippen molar-refractivity contribution in [1.82, 2.24) is 0 Å². The second-order valence-electron chi connectivity index (χ2n) is 3.50. The quantitative estimate of drug-likeness (QED) is 0.827. The van der Waals surface area contributed by atoms with Gasteiger partial charge in [-0.25, -0.2) is 0 Å². The van der Waals surface area contributed by atoms with Gasteiger partial charge in [0, 0.05) is 4.47 Å². The van der Waals surface area contributed by atoms with Gasteiger partial charge in [0.25, 0.3) is 0 Å². The molecule has 0 unspecified atom stereocenters. The standard InChI is InChI=1S/C12H15BrO2/c1-3-12(15,4-2)11(14)9-5-7-10(13)8-6-9/h3,5-8,11,14-15H,1,4H2,2H3/t11-,12-/m0/s1. The first-order valence-corrected chi connectivity index (χ1v) is 5.62. The van der Waals surface area contributed by atoms with Crippen LogP contribution in [-0.4, -0.2) is 15.8 Å². The number of hydrogen-bond donors (Lipinski definition) is 2. The SMILES string of the molecule is C=C[C@](O)(CC)[C@@H](O)c1ccc(Br)cc1. The molecule has 1 aromatic carbocycles. The molecule has 0 aromatic heterocycles. The zero-order chi connectivity index (χ0) is 11.5. The van der Waals surface area contributed by atoms with Gasteiger partial charge in [-0.2, -0.15) is 0 Å². The van der Waals surface area contributed by atoms with E-state index in [0.717, 1.165) is 4.47 Å². The van der Waals surface area contributed by atoms with Crippen LogP contribution in [0.25, 0.3) is 0 Å². The first kappa shape index (κ1) is 12.4. The summed E-state index contributed by atoms with van der Waals surface area (Å²) in [7, 11) is 0. The van der Waals surface area contributed by atoms with Crippen LogP contribution in [-0.2, 0) is 0 Å². The Morgan fingerprint density at radius 2 is 2.00 bits per heavy atom. The van der Waals surface area contributed by atoms with Crippen LogP contribution in [0.2, 0.25) is 0 Å². The van der Waals surface area contributed by atoms with Crippen LogP contribution >= 0.6 is 15.9 Å². The Morgan fingerprint density at radius 1 is 1.47 bits per heavy atom. The van der Waals surface area contributed by atoms with Crippen LogP contribution in [0.15, 0.2) is 41.4 Å². The minimum atomic E-state index is -1.26. The van der Waals surface area contributed by atoms with Crippen molar-refractivity contribution in [3.63, 3.8) is 0 Å². The highest BCUT2D eigenvalue weighted by molar-refractivity contribution is 9.10. The summed E-state index contributed by atoms with van der Waals surface area (Å²) in [6, 6.07) is 7.22. The van der Waals surface area contributed by atoms with E-state index in [1.165, 1.54) is 6.08 Å². The fourth-order valence-electron chi connectivity index (χ4n) is 1.38. The predicted molar refractivity (Wildman–Crippen MR) is 64.5 cm³/mol. The third kappa shape index (κ3) is 2.68. The number of halogens is 1. The zero-order valence-corrected chi connectivity index (χ0v) is 10.2. The lowest BCUT2D eigenvalue weighted by molar-refractivity contribution is -0.0433. The summed E-state index contributed by atoms with van der Waals surface area (Å²) in [4.78, 5) is 0. The maximum Gasteiger partial charge on any atom is 0.112 e. The molecule has 0 heterocycles. The summed E-state index contributed by atoms with van der Waals surface area (Å²) < 4.78 is 0.942. The van der Waals surface area contributed by atoms with E-state index in [2.05, 4.69) is 22.5 Å². The van der Waals surface area contributed by atoms with Crippen molar-refractivity contribution in [1.29, 1.82) is 0 Å². The summed E-state index contributed by atoms with van der Waals surface area (Å²) in [5, 5.41) is 20.0. The van der Waals surface area contributed by atoms with Crippen molar-refractivity contribution in [3.05, 3.63) is 47.0 Å². The van der Waals surface area contributed by atoms with Crippen molar-refractivity contribution in [2.75, 3.05) is 0 Å². The van der Waals surface area contributed by atoms with E-state index >= 15 is 0 Å². The predicted octanol–water partition coefficient (Wildman–Crippen LogP) is 2.81. The van der Waals surface area contributed by atoms with Crippen LogP contribution in [0, 0.1) is 0 Å². The van der Waals surface area contributed by atoms with Gasteiger partial charge in [0.05, 0.1) is 0 Å². The monoisotopic (exact) mass is 270 g/mol. The molecule has 3 heteroatoms. The molecular formula is C12H15BrO2. The normalized spacial score (nSPS) is 16.8. The number of rotatable bonds is 4. The van der Waals surface area contributed by atoms with Crippen LogP contribution in [0.5, 0.6) is 0 Å². The van der Waals surface area contributed by atoms with Crippen LogP contribution in [0.1, 0.15) is 25.0 Å². The molecule has 2 nitrogen and oxygen atoms in total. The summed E-state index contributed by atoms with van der Waals surface area (Å²) in [5.41, 5.74) is -0.573. The molecule has 1 aromatic rings. The molecule has 0 bridgehead atoms. The van der Waals surface area contributed by atoms with Crippen molar-refractivity contribution in [2.24, 2.45) is 0 Å². The van der Waals surface area contributed by atoms with E-state index in [1.807, 2.05) is 19.1 Å². The van der Waals surface area contributed by atoms with Gasteiger partial charge in [-0.05, 0) is 24.1 Å². The van der Waals surface area contributed by atoms with Crippen LogP contribution in [0.3, 0.4) is 0 Å². The highest BCUT2D eigenvalue weighted by Gasteiger charge is 2.31. The molecule has 82 valence electrons. The Bertz CT molecular complexity index is 334. The first-order chi connectivity index (χ1) is 7.03. The summed E-state index contributed by atoms with van der Waals surface area (Å²) >= 11 is 3.31. The fourth-order valence-corrected chi connectivity index (χ4v) is 1.65. The van der Waals surface area contributed by atoms with Crippen molar-refractivity contribution in [2.45, 2.75) is 25.0 Å². The van der Waals surface area contributed by atoms with Gasteiger partial charge in [0.2, 0.25) is 0 Å². The lowest BCUT2D eigenvalue weighted by Crippen LogP contribution is -2.33. The lowest BCUT2D eigenvalue weighted by Gasteiger charge is -2.28. The third-order valence-electron chi connectivity index (χ3n) is 2.58. The van der Waals surface area contributed by atoms with Crippen molar-refractivity contribution >= 4 is 15.9 Å². The Labute approximate surface area is 98.4 Å². The molecule has 15 heavy (non-hydrogen) atoms. The highest BCUT2D eigenvalue weighted by Crippen LogP contribution is 2.30. The molecule has 0 amide bonds. The number of benzene rings is 1.